The summed E-state index contributed by atoms with van der Waals surface area (Å²) < 4.78 is 5.83. The van der Waals surface area contributed by atoms with E-state index in [2.05, 4.69) is 39.1 Å². The highest BCUT2D eigenvalue weighted by Crippen LogP contribution is 2.32. The van der Waals surface area contributed by atoms with Crippen LogP contribution in [0, 0.1) is 10.1 Å². The summed E-state index contributed by atoms with van der Waals surface area (Å²) in [5.74, 6) is 0.725. The van der Waals surface area contributed by atoms with Crippen molar-refractivity contribution in [3.05, 3.63) is 93.1 Å². The van der Waals surface area contributed by atoms with Gasteiger partial charge in [0.1, 0.15) is 11.5 Å². The number of furan rings is 1. The maximum Gasteiger partial charge on any atom is 0.286 e. The normalized spacial score (nSPS) is 17.9. The van der Waals surface area contributed by atoms with Crippen molar-refractivity contribution >= 4 is 34.6 Å². The van der Waals surface area contributed by atoms with E-state index in [0.29, 0.717) is 22.0 Å². The van der Waals surface area contributed by atoms with Gasteiger partial charge in [-0.15, -0.1) is 0 Å². The first kappa shape index (κ1) is 22.1. The average Bonchev–Trinajstić information content (AvgIpc) is 3.47. The molecular weight excluding hydrogens is 452 g/mol. The minimum atomic E-state index is -0.441. The molecule has 0 aliphatic carbocycles. The first-order valence-corrected chi connectivity index (χ1v) is 11.8. The molecule has 3 heterocycles. The number of aliphatic imine (C=N–C) groups is 1. The highest BCUT2D eigenvalue weighted by atomic mass is 32.2. The lowest BCUT2D eigenvalue weighted by Crippen LogP contribution is -2.47. The number of nitrogens with zero attached hydrogens (tertiary/aromatic N) is 4. The third kappa shape index (κ3) is 4.95. The number of thioether (sulfide) groups is 1. The molecule has 0 unspecified atom stereocenters. The lowest BCUT2D eigenvalue weighted by atomic mass is 10.1. The Morgan fingerprint density at radius 1 is 1.03 bits per heavy atom. The fraction of sp³-hybridized carbons (Fsp3) is 0.200. The molecule has 0 spiro atoms. The van der Waals surface area contributed by atoms with E-state index in [1.807, 2.05) is 6.07 Å². The summed E-state index contributed by atoms with van der Waals surface area (Å²) in [5.41, 5.74) is 1.90. The number of nitro groups is 1. The predicted molar refractivity (Wildman–Crippen MR) is 132 cm³/mol. The van der Waals surface area contributed by atoms with E-state index in [1.165, 1.54) is 29.5 Å². The zero-order valence-electron chi connectivity index (χ0n) is 18.3. The zero-order valence-corrected chi connectivity index (χ0v) is 19.1. The summed E-state index contributed by atoms with van der Waals surface area (Å²) >= 11 is 1.36. The maximum atomic E-state index is 12.5. The van der Waals surface area contributed by atoms with Crippen LogP contribution in [0.3, 0.4) is 0 Å². The van der Waals surface area contributed by atoms with Crippen molar-refractivity contribution in [2.24, 2.45) is 4.99 Å². The van der Waals surface area contributed by atoms with Gasteiger partial charge in [0.05, 0.1) is 9.83 Å². The van der Waals surface area contributed by atoms with E-state index >= 15 is 0 Å². The molecule has 0 radical (unpaired) electrons. The first-order chi connectivity index (χ1) is 16.5. The van der Waals surface area contributed by atoms with Crippen LogP contribution in [0.2, 0.25) is 0 Å². The number of rotatable bonds is 5. The van der Waals surface area contributed by atoms with Crippen molar-refractivity contribution in [2.75, 3.05) is 26.2 Å². The van der Waals surface area contributed by atoms with Crippen molar-refractivity contribution in [3.8, 4) is 11.3 Å². The third-order valence-corrected chi connectivity index (χ3v) is 6.79. The van der Waals surface area contributed by atoms with Gasteiger partial charge in [-0.05, 0) is 29.5 Å². The van der Waals surface area contributed by atoms with Gasteiger partial charge in [0.25, 0.3) is 11.6 Å². The molecule has 0 N–H and O–H groups in total. The number of non-ortho nitro benzene ring substituents is 1. The molecule has 0 bridgehead atoms. The molecule has 34 heavy (non-hydrogen) atoms. The van der Waals surface area contributed by atoms with Crippen LogP contribution in [0.15, 0.2) is 81.0 Å². The number of amidine groups is 1. The van der Waals surface area contributed by atoms with E-state index in [1.54, 1.807) is 30.3 Å². The Kier molecular flexibility index (Phi) is 6.29. The van der Waals surface area contributed by atoms with Gasteiger partial charge in [0.2, 0.25) is 0 Å². The Labute approximate surface area is 200 Å². The van der Waals surface area contributed by atoms with E-state index in [0.717, 1.165) is 37.9 Å². The molecule has 1 aromatic heterocycles. The number of amides is 1. The van der Waals surface area contributed by atoms with Gasteiger partial charge in [0, 0.05) is 56.5 Å². The molecule has 172 valence electrons. The van der Waals surface area contributed by atoms with Crippen LogP contribution in [0.5, 0.6) is 0 Å². The molecule has 0 atom stereocenters. The summed E-state index contributed by atoms with van der Waals surface area (Å²) in [4.78, 5) is 32.4. The fourth-order valence-corrected chi connectivity index (χ4v) is 4.90. The van der Waals surface area contributed by atoms with Crippen molar-refractivity contribution in [2.45, 2.75) is 6.54 Å². The Balaban J connectivity index is 1.21. The monoisotopic (exact) mass is 474 g/mol. The second kappa shape index (κ2) is 9.66. The van der Waals surface area contributed by atoms with Crippen molar-refractivity contribution in [1.29, 1.82) is 0 Å². The Morgan fingerprint density at radius 3 is 2.59 bits per heavy atom. The van der Waals surface area contributed by atoms with Crippen molar-refractivity contribution in [3.63, 3.8) is 0 Å². The van der Waals surface area contributed by atoms with Crippen LogP contribution in [0.1, 0.15) is 11.3 Å². The number of benzene rings is 2. The average molecular weight is 475 g/mol. The maximum absolute atomic E-state index is 12.5. The lowest BCUT2D eigenvalue weighted by molar-refractivity contribution is -0.384. The van der Waals surface area contributed by atoms with E-state index in [-0.39, 0.29) is 11.6 Å². The summed E-state index contributed by atoms with van der Waals surface area (Å²) in [6.07, 6.45) is 1.68. The van der Waals surface area contributed by atoms with Crippen LogP contribution >= 0.6 is 11.8 Å². The second-order valence-electron chi connectivity index (χ2n) is 8.07. The molecule has 3 aromatic rings. The molecule has 2 aliphatic rings. The first-order valence-electron chi connectivity index (χ1n) is 10.9. The van der Waals surface area contributed by atoms with E-state index < -0.39 is 4.92 Å². The molecule has 1 fully saturated rings. The summed E-state index contributed by atoms with van der Waals surface area (Å²) in [6.45, 7) is 4.37. The standard InChI is InChI=1S/C25H22N4O4S/c30-24-23(16-21-9-10-22(33-21)19-7-4-8-20(15-19)29(31)32)34-25(26-24)28-13-11-27(12-14-28)17-18-5-2-1-3-6-18/h1-10,15-16H,11-14,17H2/b23-16+. The molecule has 0 saturated carbocycles. The van der Waals surface area contributed by atoms with Crippen molar-refractivity contribution in [1.82, 2.24) is 9.80 Å². The molecule has 8 nitrogen and oxygen atoms in total. The van der Waals surface area contributed by atoms with Gasteiger partial charge in [-0.2, -0.15) is 4.99 Å². The zero-order chi connectivity index (χ0) is 23.5. The smallest absolute Gasteiger partial charge is 0.286 e. The van der Waals surface area contributed by atoms with Gasteiger partial charge in [-0.3, -0.25) is 19.8 Å². The van der Waals surface area contributed by atoms with Crippen LogP contribution in [-0.4, -0.2) is 52.0 Å². The number of carbonyl (C=O) groups is 1. The second-order valence-corrected chi connectivity index (χ2v) is 9.08. The van der Waals surface area contributed by atoms with Crippen LogP contribution in [0.25, 0.3) is 17.4 Å². The molecule has 2 aromatic carbocycles. The number of hydrogen-bond acceptors (Lipinski definition) is 7. The van der Waals surface area contributed by atoms with E-state index in [9.17, 15) is 14.9 Å². The van der Waals surface area contributed by atoms with Gasteiger partial charge < -0.3 is 9.32 Å². The van der Waals surface area contributed by atoms with Crippen LogP contribution in [-0.2, 0) is 11.3 Å². The molecule has 2 aliphatic heterocycles. The van der Waals surface area contributed by atoms with Crippen LogP contribution < -0.4 is 0 Å². The third-order valence-electron chi connectivity index (χ3n) is 5.74. The molecule has 5 rings (SSSR count). The van der Waals surface area contributed by atoms with Crippen molar-refractivity contribution < 1.29 is 14.1 Å². The minimum Gasteiger partial charge on any atom is -0.457 e. The van der Waals surface area contributed by atoms with Crippen LogP contribution in [0.4, 0.5) is 5.69 Å². The number of nitro benzene ring substituents is 1. The molecule has 1 amide bonds. The van der Waals surface area contributed by atoms with Gasteiger partial charge in [0.15, 0.2) is 5.17 Å². The summed E-state index contributed by atoms with van der Waals surface area (Å²) in [5, 5.41) is 11.7. The molecule has 9 heteroatoms. The van der Waals surface area contributed by atoms with Gasteiger partial charge in [-0.25, -0.2) is 0 Å². The van der Waals surface area contributed by atoms with E-state index in [4.69, 9.17) is 4.42 Å². The lowest BCUT2D eigenvalue weighted by Gasteiger charge is -2.35. The number of hydrogen-bond donors (Lipinski definition) is 0. The largest absolute Gasteiger partial charge is 0.457 e. The highest BCUT2D eigenvalue weighted by Gasteiger charge is 2.28. The number of carbonyl (C=O) groups excluding carboxylic acids is 1. The Bertz CT molecular complexity index is 1280. The summed E-state index contributed by atoms with van der Waals surface area (Å²) in [6, 6.07) is 20.2. The number of piperazine rings is 1. The SMILES string of the molecule is O=C1N=C(N2CCN(Cc3ccccc3)CC2)S/C1=C/c1ccc(-c2cccc([N+](=O)[O-])c2)o1. The minimum absolute atomic E-state index is 0.00256. The van der Waals surface area contributed by atoms with Gasteiger partial charge >= 0.3 is 0 Å². The molecule has 1 saturated heterocycles. The topological polar surface area (TPSA) is 92.2 Å². The van der Waals surface area contributed by atoms with Gasteiger partial charge in [-0.1, -0.05) is 42.5 Å². The Hall–Kier alpha value is -3.69. The Morgan fingerprint density at radius 2 is 1.82 bits per heavy atom. The molecular formula is C25H22N4O4S. The highest BCUT2D eigenvalue weighted by molar-refractivity contribution is 8.18. The quantitative estimate of drug-likeness (QED) is 0.302. The fourth-order valence-electron chi connectivity index (χ4n) is 3.96. The summed E-state index contributed by atoms with van der Waals surface area (Å²) in [7, 11) is 0. The predicted octanol–water partition coefficient (Wildman–Crippen LogP) is 4.64.